The highest BCUT2D eigenvalue weighted by Gasteiger charge is 1.95. The molecular weight excluding hydrogens is 214 g/mol. The Morgan fingerprint density at radius 3 is 2.25 bits per heavy atom. The van der Waals surface area contributed by atoms with Gasteiger partial charge in [0.1, 0.15) is 0 Å². The standard InChI is InChI=1S/C14H15NS/c15-14-8-4-7-13(9-14)11-16-10-12-5-2-1-3-6-12/h1-9H,10-11,15H2. The summed E-state index contributed by atoms with van der Waals surface area (Å²) in [5, 5.41) is 0. The minimum absolute atomic E-state index is 0.845. The van der Waals surface area contributed by atoms with Crippen molar-refractivity contribution in [1.82, 2.24) is 0 Å². The van der Waals surface area contributed by atoms with Gasteiger partial charge in [-0.15, -0.1) is 0 Å². The second kappa shape index (κ2) is 5.61. The smallest absolute Gasteiger partial charge is 0.0317 e. The number of nitrogens with two attached hydrogens (primary N) is 1. The van der Waals surface area contributed by atoms with Gasteiger partial charge in [0.2, 0.25) is 0 Å². The lowest BCUT2D eigenvalue weighted by Crippen LogP contribution is -1.87. The third-order valence-corrected chi connectivity index (χ3v) is 3.41. The van der Waals surface area contributed by atoms with E-state index in [-0.39, 0.29) is 0 Å². The maximum absolute atomic E-state index is 5.73. The Bertz CT molecular complexity index is 439. The molecule has 0 spiro atoms. The third kappa shape index (κ3) is 3.31. The lowest BCUT2D eigenvalue weighted by atomic mass is 10.2. The van der Waals surface area contributed by atoms with Crippen LogP contribution >= 0.6 is 11.8 Å². The van der Waals surface area contributed by atoms with E-state index in [1.54, 1.807) is 0 Å². The number of anilines is 1. The van der Waals surface area contributed by atoms with Crippen molar-refractivity contribution in [2.75, 3.05) is 5.73 Å². The Morgan fingerprint density at radius 1 is 0.812 bits per heavy atom. The van der Waals surface area contributed by atoms with Crippen LogP contribution < -0.4 is 5.73 Å². The maximum atomic E-state index is 5.73. The number of thioether (sulfide) groups is 1. The Kier molecular flexibility index (Phi) is 3.89. The fourth-order valence-corrected chi connectivity index (χ4v) is 2.49. The number of benzene rings is 2. The zero-order valence-electron chi connectivity index (χ0n) is 9.10. The van der Waals surface area contributed by atoms with Crippen molar-refractivity contribution in [2.45, 2.75) is 11.5 Å². The molecule has 0 aliphatic carbocycles. The molecular formula is C14H15NS. The molecule has 0 fully saturated rings. The molecule has 2 aromatic carbocycles. The van der Waals surface area contributed by atoms with E-state index in [0.717, 1.165) is 17.2 Å². The first-order valence-electron chi connectivity index (χ1n) is 5.31. The monoisotopic (exact) mass is 229 g/mol. The summed E-state index contributed by atoms with van der Waals surface area (Å²) < 4.78 is 0. The summed E-state index contributed by atoms with van der Waals surface area (Å²) in [7, 11) is 0. The van der Waals surface area contributed by atoms with Crippen LogP contribution in [-0.4, -0.2) is 0 Å². The number of rotatable bonds is 4. The highest BCUT2D eigenvalue weighted by molar-refractivity contribution is 7.97. The summed E-state index contributed by atoms with van der Waals surface area (Å²) in [6, 6.07) is 18.6. The topological polar surface area (TPSA) is 26.0 Å². The minimum Gasteiger partial charge on any atom is -0.399 e. The molecule has 16 heavy (non-hydrogen) atoms. The fraction of sp³-hybridized carbons (Fsp3) is 0.143. The average Bonchev–Trinajstić information content (AvgIpc) is 2.30. The van der Waals surface area contributed by atoms with Crippen molar-refractivity contribution >= 4 is 17.4 Å². The Morgan fingerprint density at radius 2 is 1.50 bits per heavy atom. The van der Waals surface area contributed by atoms with Crippen molar-refractivity contribution < 1.29 is 0 Å². The molecule has 0 heterocycles. The Labute approximate surface area is 101 Å². The molecule has 1 nitrogen and oxygen atoms in total. The first kappa shape index (κ1) is 11.1. The van der Waals surface area contributed by atoms with Gasteiger partial charge in [-0.1, -0.05) is 42.5 Å². The Balaban J connectivity index is 1.85. The SMILES string of the molecule is Nc1cccc(CSCc2ccccc2)c1. The van der Waals surface area contributed by atoms with E-state index < -0.39 is 0 Å². The van der Waals surface area contributed by atoms with E-state index in [1.807, 2.05) is 36.0 Å². The van der Waals surface area contributed by atoms with E-state index in [9.17, 15) is 0 Å². The van der Waals surface area contributed by atoms with E-state index in [0.29, 0.717) is 0 Å². The van der Waals surface area contributed by atoms with Crippen LogP contribution in [0.2, 0.25) is 0 Å². The van der Waals surface area contributed by atoms with Crippen LogP contribution in [0.15, 0.2) is 54.6 Å². The summed E-state index contributed by atoms with van der Waals surface area (Å²) in [6.45, 7) is 0. The number of hydrogen-bond donors (Lipinski definition) is 1. The largest absolute Gasteiger partial charge is 0.399 e. The highest BCUT2D eigenvalue weighted by atomic mass is 32.2. The zero-order valence-corrected chi connectivity index (χ0v) is 9.91. The second-order valence-corrected chi connectivity index (χ2v) is 4.71. The van der Waals surface area contributed by atoms with Crippen LogP contribution in [0.4, 0.5) is 5.69 Å². The molecule has 0 aliphatic rings. The predicted molar refractivity (Wildman–Crippen MR) is 72.3 cm³/mol. The van der Waals surface area contributed by atoms with Crippen molar-refractivity contribution in [3.8, 4) is 0 Å². The van der Waals surface area contributed by atoms with Gasteiger partial charge in [-0.2, -0.15) is 11.8 Å². The molecule has 2 heteroatoms. The quantitative estimate of drug-likeness (QED) is 0.809. The fourth-order valence-electron chi connectivity index (χ4n) is 1.54. The van der Waals surface area contributed by atoms with Gasteiger partial charge >= 0.3 is 0 Å². The van der Waals surface area contributed by atoms with Gasteiger partial charge in [-0.3, -0.25) is 0 Å². The normalized spacial score (nSPS) is 10.2. The molecule has 0 saturated carbocycles. The van der Waals surface area contributed by atoms with Crippen LogP contribution in [-0.2, 0) is 11.5 Å². The highest BCUT2D eigenvalue weighted by Crippen LogP contribution is 2.18. The van der Waals surface area contributed by atoms with E-state index in [2.05, 4.69) is 30.3 Å². The average molecular weight is 229 g/mol. The van der Waals surface area contributed by atoms with Crippen LogP contribution in [0, 0.1) is 0 Å². The van der Waals surface area contributed by atoms with Gasteiger partial charge in [0.05, 0.1) is 0 Å². The second-order valence-electron chi connectivity index (χ2n) is 3.72. The lowest BCUT2D eigenvalue weighted by Gasteiger charge is -2.03. The van der Waals surface area contributed by atoms with E-state index in [4.69, 9.17) is 5.73 Å². The lowest BCUT2D eigenvalue weighted by molar-refractivity contribution is 1.37. The molecule has 0 amide bonds. The van der Waals surface area contributed by atoms with Gasteiger partial charge in [0.15, 0.2) is 0 Å². The van der Waals surface area contributed by atoms with Crippen LogP contribution in [0.25, 0.3) is 0 Å². The first-order chi connectivity index (χ1) is 7.84. The summed E-state index contributed by atoms with van der Waals surface area (Å²) in [5.74, 6) is 2.07. The summed E-state index contributed by atoms with van der Waals surface area (Å²) in [4.78, 5) is 0. The Hall–Kier alpha value is -1.41. The molecule has 82 valence electrons. The van der Waals surface area contributed by atoms with E-state index >= 15 is 0 Å². The van der Waals surface area contributed by atoms with Gasteiger partial charge in [-0.25, -0.2) is 0 Å². The number of nitrogen functional groups attached to an aromatic ring is 1. The van der Waals surface area contributed by atoms with Crippen LogP contribution in [0.1, 0.15) is 11.1 Å². The molecule has 2 aromatic rings. The molecule has 0 aliphatic heterocycles. The third-order valence-electron chi connectivity index (χ3n) is 2.33. The van der Waals surface area contributed by atoms with E-state index in [1.165, 1.54) is 11.1 Å². The van der Waals surface area contributed by atoms with Gasteiger partial charge in [-0.05, 0) is 23.3 Å². The minimum atomic E-state index is 0.845. The van der Waals surface area contributed by atoms with Gasteiger partial charge in [0, 0.05) is 17.2 Å². The molecule has 0 unspecified atom stereocenters. The number of hydrogen-bond acceptors (Lipinski definition) is 2. The maximum Gasteiger partial charge on any atom is 0.0317 e. The molecule has 0 radical (unpaired) electrons. The molecule has 2 rings (SSSR count). The molecule has 2 N–H and O–H groups in total. The molecule has 0 atom stereocenters. The zero-order chi connectivity index (χ0) is 11.2. The van der Waals surface area contributed by atoms with Crippen molar-refractivity contribution in [2.24, 2.45) is 0 Å². The predicted octanol–water partition coefficient (Wildman–Crippen LogP) is 3.70. The first-order valence-corrected chi connectivity index (χ1v) is 6.46. The van der Waals surface area contributed by atoms with Crippen molar-refractivity contribution in [3.63, 3.8) is 0 Å². The van der Waals surface area contributed by atoms with Crippen molar-refractivity contribution in [3.05, 3.63) is 65.7 Å². The summed E-state index contributed by atoms with van der Waals surface area (Å²) >= 11 is 1.91. The molecule has 0 bridgehead atoms. The summed E-state index contributed by atoms with van der Waals surface area (Å²) in [5.41, 5.74) is 9.24. The van der Waals surface area contributed by atoms with Crippen molar-refractivity contribution in [1.29, 1.82) is 0 Å². The van der Waals surface area contributed by atoms with Crippen LogP contribution in [0.5, 0.6) is 0 Å². The molecule has 0 saturated heterocycles. The molecule has 0 aromatic heterocycles. The van der Waals surface area contributed by atoms with Gasteiger partial charge < -0.3 is 5.73 Å². The summed E-state index contributed by atoms with van der Waals surface area (Å²) in [6.07, 6.45) is 0. The van der Waals surface area contributed by atoms with Crippen LogP contribution in [0.3, 0.4) is 0 Å². The van der Waals surface area contributed by atoms with Gasteiger partial charge in [0.25, 0.3) is 0 Å².